The molecule has 0 saturated heterocycles. The van der Waals surface area contributed by atoms with Crippen LogP contribution < -0.4 is 0 Å². The van der Waals surface area contributed by atoms with Crippen molar-refractivity contribution in [2.24, 2.45) is 0 Å². The molecule has 0 unspecified atom stereocenters. The van der Waals surface area contributed by atoms with Crippen LogP contribution >= 0.6 is 13.5 Å². The van der Waals surface area contributed by atoms with Crippen molar-refractivity contribution >= 4 is 136 Å². The number of allylic oxidation sites excluding steroid dienone is 8. The summed E-state index contributed by atoms with van der Waals surface area (Å²) in [6.07, 6.45) is 81.5. The molecule has 0 aliphatic rings. The molecule has 0 aliphatic carbocycles. The Labute approximate surface area is 642 Å². The van der Waals surface area contributed by atoms with Crippen molar-refractivity contribution < 1.29 is 38.1 Å². The Morgan fingerprint density at radius 2 is 0.366 bits per heavy atom. The van der Waals surface area contributed by atoms with Gasteiger partial charge in [-0.25, -0.2) is 0 Å². The van der Waals surface area contributed by atoms with Crippen molar-refractivity contribution in [3.05, 3.63) is 48.6 Å². The summed E-state index contributed by atoms with van der Waals surface area (Å²) in [5.41, 5.74) is 0. The van der Waals surface area contributed by atoms with Gasteiger partial charge >= 0.3 is 71.7 Å². The van der Waals surface area contributed by atoms with Gasteiger partial charge in [-0.3, -0.25) is 19.2 Å². The first-order valence-corrected chi connectivity index (χ1v) is 39.1. The summed E-state index contributed by atoms with van der Waals surface area (Å²) in [6.45, 7) is 10.6. The van der Waals surface area contributed by atoms with Gasteiger partial charge in [0.2, 0.25) is 0 Å². The van der Waals surface area contributed by atoms with E-state index in [1.165, 1.54) is 231 Å². The Morgan fingerprint density at radius 1 is 0.237 bits per heavy atom. The van der Waals surface area contributed by atoms with E-state index < -0.39 is 0 Å². The molecule has 0 atom stereocenters. The molecule has 0 aromatic heterocycles. The molecule has 0 aromatic rings. The minimum atomic E-state index is -0.0978. The zero-order chi connectivity index (χ0) is 65.2. The van der Waals surface area contributed by atoms with Gasteiger partial charge in [0.1, 0.15) is 0 Å². The second-order valence-corrected chi connectivity index (χ2v) is 25.3. The molecule has 8 nitrogen and oxygen atoms in total. The quantitative estimate of drug-likeness (QED) is 0.0145. The van der Waals surface area contributed by atoms with Gasteiger partial charge < -0.3 is 69.5 Å². The standard InChI is InChI=1S/4C19H36O2S.2CH4.H2S.2Sn/c4*1-2-3-4-5-6-7-8-9-10-11-12-13-14-15-16-19(20)21-17-18-22;;;;;/h4*10-11,22H,2-9,12-18H2,1H3;2*1H4;1H2;;/q;;;;;;;2*+2/p-4/b4*11-10+;;;;;. The zero-order valence-electron chi connectivity index (χ0n) is 59.4. The van der Waals surface area contributed by atoms with Crippen LogP contribution in [0.3, 0.4) is 0 Å². The van der Waals surface area contributed by atoms with E-state index in [1.54, 1.807) is 0 Å². The average Bonchev–Trinajstić information content (AvgIpc) is 3.56. The fraction of sp³-hybridized carbons (Fsp3) is 0.846. The first kappa shape index (κ1) is 112. The topological polar surface area (TPSA) is 105 Å². The number of ether oxygens (including phenoxy) is 4. The molecule has 0 spiro atoms. The van der Waals surface area contributed by atoms with Crippen molar-refractivity contribution in [3.8, 4) is 0 Å². The van der Waals surface area contributed by atoms with E-state index in [2.05, 4.69) is 76.3 Å². The predicted octanol–water partition coefficient (Wildman–Crippen LogP) is 23.5. The number of carbonyl (C=O) groups excluding carboxylic acids is 4. The molecule has 0 saturated carbocycles. The number of carbonyl (C=O) groups is 4. The second kappa shape index (κ2) is 108. The third-order valence-electron chi connectivity index (χ3n) is 15.0. The minimum Gasteiger partial charge on any atom is -0.789 e. The molecule has 0 heterocycles. The van der Waals surface area contributed by atoms with Gasteiger partial charge in [0, 0.05) is 25.7 Å². The molecule has 0 aromatic carbocycles. The van der Waals surface area contributed by atoms with Crippen LogP contribution in [0.2, 0.25) is 0 Å². The summed E-state index contributed by atoms with van der Waals surface area (Å²) in [6, 6.07) is 0. The SMILES string of the molecule is C.C.CCCCCCCCC/C=C/CCCCCC(=O)OCC[S-].CCCCCCCCC/C=C/CCCCCC(=O)OCC[S-].CCCCCCCCC/C=C/CCCCCC(=O)OCC[S-].CCCCCCCCC/C=C/CCCCCC(=O)OCC[S-].S.[Sn+2].[Sn+2]. The molecular weight excluding hydrogens is 1460 g/mol. The first-order valence-electron chi connectivity index (χ1n) is 36.8. The first-order chi connectivity index (χ1) is 43.2. The fourth-order valence-electron chi connectivity index (χ4n) is 9.56. The van der Waals surface area contributed by atoms with E-state index in [1.807, 2.05) is 0 Å². The monoisotopic (exact) mass is 1610 g/mol. The molecule has 0 rings (SSSR count). The number of esters is 4. The zero-order valence-corrected chi connectivity index (χ0v) is 69.4. The molecule has 0 N–H and O–H groups in total. The van der Waals surface area contributed by atoms with Gasteiger partial charge in [0.15, 0.2) is 0 Å². The van der Waals surface area contributed by atoms with Crippen molar-refractivity contribution in [2.75, 3.05) is 49.4 Å². The van der Waals surface area contributed by atoms with E-state index in [0.717, 1.165) is 77.0 Å². The smallest absolute Gasteiger partial charge is 0.789 e. The molecular formula is C78H150O8S5Sn2. The molecule has 0 bridgehead atoms. The average molecular weight is 1610 g/mol. The Hall–Kier alpha value is 0.187. The predicted molar refractivity (Wildman–Crippen MR) is 427 cm³/mol. The normalized spacial score (nSPS) is 10.6. The summed E-state index contributed by atoms with van der Waals surface area (Å²) in [5, 5.41) is 0. The largest absolute Gasteiger partial charge is 2.00 e. The Kier molecular flexibility index (Phi) is 130. The van der Waals surface area contributed by atoms with E-state index in [0.29, 0.717) is 75.1 Å². The van der Waals surface area contributed by atoms with Crippen LogP contribution in [0, 0.1) is 0 Å². The molecule has 0 fully saturated rings. The van der Waals surface area contributed by atoms with E-state index >= 15 is 0 Å². The minimum absolute atomic E-state index is 0. The number of unbranched alkanes of at least 4 members (excludes halogenated alkanes) is 40. The van der Waals surface area contributed by atoms with E-state index in [9.17, 15) is 19.2 Å². The van der Waals surface area contributed by atoms with E-state index in [-0.39, 0.29) is 100 Å². The molecule has 93 heavy (non-hydrogen) atoms. The molecule has 0 amide bonds. The van der Waals surface area contributed by atoms with Crippen LogP contribution in [-0.2, 0) is 88.6 Å². The Bertz CT molecular complexity index is 1290. The van der Waals surface area contributed by atoms with Crippen LogP contribution in [0.15, 0.2) is 48.6 Å². The third-order valence-corrected chi connectivity index (χ3v) is 15.6. The summed E-state index contributed by atoms with van der Waals surface area (Å²) < 4.78 is 19.8. The number of rotatable bonds is 64. The molecule has 0 aliphatic heterocycles. The van der Waals surface area contributed by atoms with Crippen molar-refractivity contribution in [1.29, 1.82) is 0 Å². The van der Waals surface area contributed by atoms with Crippen molar-refractivity contribution in [3.63, 3.8) is 0 Å². The van der Waals surface area contributed by atoms with Crippen molar-refractivity contribution in [2.45, 2.75) is 376 Å². The molecule has 548 valence electrons. The van der Waals surface area contributed by atoms with Gasteiger partial charge in [0.05, 0.1) is 26.4 Å². The summed E-state index contributed by atoms with van der Waals surface area (Å²) in [4.78, 5) is 45.0. The Morgan fingerprint density at radius 3 is 0.505 bits per heavy atom. The molecule has 4 radical (unpaired) electrons. The number of hydrogen-bond donors (Lipinski definition) is 0. The summed E-state index contributed by atoms with van der Waals surface area (Å²) >= 11 is 18.9. The maximum atomic E-state index is 11.2. The maximum absolute atomic E-state index is 11.2. The van der Waals surface area contributed by atoms with Crippen LogP contribution in [0.5, 0.6) is 0 Å². The van der Waals surface area contributed by atoms with Crippen LogP contribution in [0.1, 0.15) is 376 Å². The van der Waals surface area contributed by atoms with Gasteiger partial charge in [-0.05, 0) is 128 Å². The van der Waals surface area contributed by atoms with Gasteiger partial charge in [-0.15, -0.1) is 23.0 Å². The van der Waals surface area contributed by atoms with Gasteiger partial charge in [0.25, 0.3) is 0 Å². The maximum Gasteiger partial charge on any atom is 2.00 e. The van der Waals surface area contributed by atoms with Crippen LogP contribution in [-0.4, -0.2) is 121 Å². The molecule has 15 heteroatoms. The summed E-state index contributed by atoms with van der Waals surface area (Å²) in [5.74, 6) is 1.59. The summed E-state index contributed by atoms with van der Waals surface area (Å²) in [7, 11) is 0. The Balaban J connectivity index is -0.000000142. The van der Waals surface area contributed by atoms with Gasteiger partial charge in [-0.2, -0.15) is 13.5 Å². The van der Waals surface area contributed by atoms with Crippen molar-refractivity contribution in [1.82, 2.24) is 0 Å². The fourth-order valence-corrected chi connectivity index (χ4v) is 9.90. The second-order valence-electron chi connectivity index (χ2n) is 23.6. The van der Waals surface area contributed by atoms with Crippen LogP contribution in [0.25, 0.3) is 0 Å². The third kappa shape index (κ3) is 117. The van der Waals surface area contributed by atoms with Gasteiger partial charge in [-0.1, -0.05) is 271 Å². The van der Waals surface area contributed by atoms with Crippen LogP contribution in [0.4, 0.5) is 0 Å². The van der Waals surface area contributed by atoms with E-state index in [4.69, 9.17) is 69.5 Å². The number of hydrogen-bond acceptors (Lipinski definition) is 12.